The molecule has 1 fully saturated rings. The molecule has 1 aromatic carbocycles. The van der Waals surface area contributed by atoms with E-state index in [0.29, 0.717) is 13.0 Å². The normalized spacial score (nSPS) is 15.9. The van der Waals surface area contributed by atoms with Gasteiger partial charge in [-0.15, -0.1) is 0 Å². The van der Waals surface area contributed by atoms with Crippen LogP contribution in [0.3, 0.4) is 0 Å². The number of nitrogens with one attached hydrogen (secondary N) is 1. The van der Waals surface area contributed by atoms with Crippen molar-refractivity contribution in [1.82, 2.24) is 20.3 Å². The Kier molecular flexibility index (Phi) is 6.41. The fourth-order valence-electron chi connectivity index (χ4n) is 3.34. The Morgan fingerprint density at radius 3 is 2.46 bits per heavy atom. The predicted molar refractivity (Wildman–Crippen MR) is 101 cm³/mol. The van der Waals surface area contributed by atoms with Gasteiger partial charge in [0.1, 0.15) is 5.76 Å². The SMILES string of the molecule is Cc1noc(C)c1CC(=O)NCCN1CCN(Cc2ccccc2)CC1. The van der Waals surface area contributed by atoms with Crippen molar-refractivity contribution < 1.29 is 9.32 Å². The molecule has 1 aromatic heterocycles. The number of hydrogen-bond acceptors (Lipinski definition) is 5. The van der Waals surface area contributed by atoms with Gasteiger partial charge in [-0.2, -0.15) is 0 Å². The zero-order valence-electron chi connectivity index (χ0n) is 15.7. The zero-order chi connectivity index (χ0) is 18.4. The van der Waals surface area contributed by atoms with E-state index < -0.39 is 0 Å². The van der Waals surface area contributed by atoms with Crippen molar-refractivity contribution in [3.8, 4) is 0 Å². The molecule has 0 saturated carbocycles. The summed E-state index contributed by atoms with van der Waals surface area (Å²) < 4.78 is 5.11. The van der Waals surface area contributed by atoms with Gasteiger partial charge in [0.05, 0.1) is 12.1 Å². The number of aryl methyl sites for hydroxylation is 2. The summed E-state index contributed by atoms with van der Waals surface area (Å²) in [5, 5.41) is 6.90. The number of piperazine rings is 1. The van der Waals surface area contributed by atoms with E-state index in [4.69, 9.17) is 4.52 Å². The fraction of sp³-hybridized carbons (Fsp3) is 0.500. The Labute approximate surface area is 155 Å². The number of nitrogens with zero attached hydrogens (tertiary/aromatic N) is 3. The van der Waals surface area contributed by atoms with Gasteiger partial charge >= 0.3 is 0 Å². The van der Waals surface area contributed by atoms with E-state index in [1.54, 1.807) is 0 Å². The van der Waals surface area contributed by atoms with Crippen molar-refractivity contribution in [3.05, 3.63) is 52.9 Å². The van der Waals surface area contributed by atoms with Gasteiger partial charge < -0.3 is 9.84 Å². The summed E-state index contributed by atoms with van der Waals surface area (Å²) in [6.45, 7) is 10.5. The van der Waals surface area contributed by atoms with Crippen molar-refractivity contribution >= 4 is 5.91 Å². The summed E-state index contributed by atoms with van der Waals surface area (Å²) in [5.74, 6) is 0.759. The minimum atomic E-state index is 0.0297. The van der Waals surface area contributed by atoms with Gasteiger partial charge in [0.25, 0.3) is 0 Å². The number of carbonyl (C=O) groups excluding carboxylic acids is 1. The van der Waals surface area contributed by atoms with E-state index in [-0.39, 0.29) is 5.91 Å². The lowest BCUT2D eigenvalue weighted by Gasteiger charge is -2.34. The number of aromatic nitrogens is 1. The molecule has 0 unspecified atom stereocenters. The summed E-state index contributed by atoms with van der Waals surface area (Å²) in [7, 11) is 0. The molecule has 2 aromatic rings. The molecule has 0 aliphatic carbocycles. The summed E-state index contributed by atoms with van der Waals surface area (Å²) >= 11 is 0. The minimum absolute atomic E-state index is 0.0297. The smallest absolute Gasteiger partial charge is 0.224 e. The van der Waals surface area contributed by atoms with Crippen molar-refractivity contribution in [3.63, 3.8) is 0 Å². The van der Waals surface area contributed by atoms with E-state index in [0.717, 1.165) is 56.3 Å². The van der Waals surface area contributed by atoms with Crippen molar-refractivity contribution in [2.45, 2.75) is 26.8 Å². The third kappa shape index (κ3) is 5.16. The van der Waals surface area contributed by atoms with Gasteiger partial charge in [0.2, 0.25) is 5.91 Å². The lowest BCUT2D eigenvalue weighted by Crippen LogP contribution is -2.48. The van der Waals surface area contributed by atoms with Crippen LogP contribution in [0.15, 0.2) is 34.9 Å². The van der Waals surface area contributed by atoms with Gasteiger partial charge in [0, 0.05) is 51.4 Å². The number of amides is 1. The Balaban J connectivity index is 1.33. The number of hydrogen-bond donors (Lipinski definition) is 1. The van der Waals surface area contributed by atoms with Crippen LogP contribution in [0, 0.1) is 13.8 Å². The molecule has 1 saturated heterocycles. The molecule has 1 amide bonds. The molecule has 0 spiro atoms. The maximum Gasteiger partial charge on any atom is 0.224 e. The molecule has 0 atom stereocenters. The van der Waals surface area contributed by atoms with E-state index in [1.165, 1.54) is 5.56 Å². The van der Waals surface area contributed by atoms with Crippen LogP contribution in [0.25, 0.3) is 0 Å². The molecular formula is C20H28N4O2. The van der Waals surface area contributed by atoms with Crippen molar-refractivity contribution in [1.29, 1.82) is 0 Å². The predicted octanol–water partition coefficient (Wildman–Crippen LogP) is 1.77. The van der Waals surface area contributed by atoms with Crippen LogP contribution in [0.5, 0.6) is 0 Å². The summed E-state index contributed by atoms with van der Waals surface area (Å²) in [6, 6.07) is 10.6. The van der Waals surface area contributed by atoms with Gasteiger partial charge in [-0.05, 0) is 19.4 Å². The molecule has 2 heterocycles. The fourth-order valence-corrected chi connectivity index (χ4v) is 3.34. The lowest BCUT2D eigenvalue weighted by atomic mass is 10.1. The van der Waals surface area contributed by atoms with Crippen LogP contribution < -0.4 is 5.32 Å². The van der Waals surface area contributed by atoms with Crippen LogP contribution >= 0.6 is 0 Å². The molecule has 3 rings (SSSR count). The highest BCUT2D eigenvalue weighted by molar-refractivity contribution is 5.78. The summed E-state index contributed by atoms with van der Waals surface area (Å²) in [5.41, 5.74) is 3.07. The largest absolute Gasteiger partial charge is 0.361 e. The Hall–Kier alpha value is -2.18. The second-order valence-electron chi connectivity index (χ2n) is 6.93. The number of carbonyl (C=O) groups is 1. The molecule has 0 radical (unpaired) electrons. The number of benzene rings is 1. The second-order valence-corrected chi connectivity index (χ2v) is 6.93. The molecule has 26 heavy (non-hydrogen) atoms. The molecule has 1 N–H and O–H groups in total. The molecule has 140 valence electrons. The summed E-state index contributed by atoms with van der Waals surface area (Å²) in [6.07, 6.45) is 0.339. The average Bonchev–Trinajstić information content (AvgIpc) is 2.96. The maximum absolute atomic E-state index is 12.1. The Morgan fingerprint density at radius 1 is 1.12 bits per heavy atom. The molecular weight excluding hydrogens is 328 g/mol. The third-order valence-corrected chi connectivity index (χ3v) is 4.98. The van der Waals surface area contributed by atoms with Crippen molar-refractivity contribution in [2.75, 3.05) is 39.3 Å². The van der Waals surface area contributed by atoms with Crippen LogP contribution in [0.4, 0.5) is 0 Å². The van der Waals surface area contributed by atoms with Crippen molar-refractivity contribution in [2.24, 2.45) is 0 Å². The maximum atomic E-state index is 12.1. The van der Waals surface area contributed by atoms with E-state index in [2.05, 4.69) is 50.6 Å². The summed E-state index contributed by atoms with van der Waals surface area (Å²) in [4.78, 5) is 17.0. The molecule has 6 heteroatoms. The second kappa shape index (κ2) is 8.96. The highest BCUT2D eigenvalue weighted by Crippen LogP contribution is 2.12. The first-order valence-corrected chi connectivity index (χ1v) is 9.29. The van der Waals surface area contributed by atoms with E-state index in [9.17, 15) is 4.79 Å². The first kappa shape index (κ1) is 18.6. The van der Waals surface area contributed by atoms with E-state index in [1.807, 2.05) is 13.8 Å². The number of rotatable bonds is 7. The molecule has 6 nitrogen and oxygen atoms in total. The standard InChI is InChI=1S/C20H28N4O2/c1-16-19(17(2)26-22-16)14-20(25)21-8-9-23-10-12-24(13-11-23)15-18-6-4-3-5-7-18/h3-7H,8-15H2,1-2H3,(H,21,25). The van der Waals surface area contributed by atoms with Gasteiger partial charge in [0.15, 0.2) is 0 Å². The molecule has 1 aliphatic rings. The average molecular weight is 356 g/mol. The first-order chi connectivity index (χ1) is 12.6. The first-order valence-electron chi connectivity index (χ1n) is 9.29. The van der Waals surface area contributed by atoms with Crippen LogP contribution in [0.2, 0.25) is 0 Å². The topological polar surface area (TPSA) is 61.6 Å². The van der Waals surface area contributed by atoms with Gasteiger partial charge in [-0.3, -0.25) is 14.6 Å². The zero-order valence-corrected chi connectivity index (χ0v) is 15.7. The molecule has 1 aliphatic heterocycles. The van der Waals surface area contributed by atoms with Gasteiger partial charge in [-0.25, -0.2) is 0 Å². The van der Waals surface area contributed by atoms with E-state index >= 15 is 0 Å². The highest BCUT2D eigenvalue weighted by Gasteiger charge is 2.17. The van der Waals surface area contributed by atoms with Gasteiger partial charge in [-0.1, -0.05) is 35.5 Å². The minimum Gasteiger partial charge on any atom is -0.361 e. The quantitative estimate of drug-likeness (QED) is 0.819. The van der Waals surface area contributed by atoms with Crippen LogP contribution in [-0.2, 0) is 17.8 Å². The molecule has 0 bridgehead atoms. The monoisotopic (exact) mass is 356 g/mol. The lowest BCUT2D eigenvalue weighted by molar-refractivity contribution is -0.120. The van der Waals surface area contributed by atoms with Crippen LogP contribution in [-0.4, -0.2) is 60.1 Å². The Morgan fingerprint density at radius 2 is 1.81 bits per heavy atom. The Bertz CT molecular complexity index is 686. The van der Waals surface area contributed by atoms with Crippen LogP contribution in [0.1, 0.15) is 22.6 Å². The third-order valence-electron chi connectivity index (χ3n) is 4.98. The highest BCUT2D eigenvalue weighted by atomic mass is 16.5.